The molecule has 212 valence electrons. The Labute approximate surface area is 242 Å². The molecule has 1 amide bonds. The molecule has 1 aromatic carbocycles. The number of amides is 1. The molecule has 0 saturated carbocycles. The van der Waals surface area contributed by atoms with Gasteiger partial charge >= 0.3 is 0 Å². The van der Waals surface area contributed by atoms with Crippen molar-refractivity contribution in [2.24, 2.45) is 7.05 Å². The number of carbonyl (C=O) groups is 1. The van der Waals surface area contributed by atoms with E-state index in [1.807, 2.05) is 61.8 Å². The number of aryl methyl sites for hydroxylation is 2. The fraction of sp³-hybridized carbons (Fsp3) is 0.267. The van der Waals surface area contributed by atoms with Crippen LogP contribution in [-0.2, 0) is 7.05 Å². The molecular weight excluding hydrogens is 530 g/mol. The minimum atomic E-state index is -0.228. The molecule has 0 radical (unpaired) electrons. The highest BCUT2D eigenvalue weighted by molar-refractivity contribution is 5.91. The lowest BCUT2D eigenvalue weighted by Gasteiger charge is -2.23. The summed E-state index contributed by atoms with van der Waals surface area (Å²) in [5.74, 6) is 0.348. The summed E-state index contributed by atoms with van der Waals surface area (Å²) in [5.41, 5.74) is 11.8. The molecule has 3 N–H and O–H groups in total. The number of fused-ring (bicyclic) bond motifs is 1. The molecule has 12 nitrogen and oxygen atoms in total. The number of nitriles is 1. The monoisotopic (exact) mass is 561 g/mol. The standard InChI is InChI=1S/C30H31N11O/c1-20-18-40(24-9-6-13-39(14-12-24)30(42)29-37-38(2)41(29)19-31)28-26(20)27(32)36-35-17-23(16-34-28)22-10-11-25(33-15-22)21-7-4-3-5-8-21/h3-5,7-8,10-11,15-18,24,36H,6,9,12-14,32H2,1-2H3. The normalized spacial score (nSPS) is 15.3. The Morgan fingerprint density at radius 2 is 1.83 bits per heavy atom. The maximum atomic E-state index is 13.1. The first-order valence-electron chi connectivity index (χ1n) is 13.8. The van der Waals surface area contributed by atoms with Gasteiger partial charge in [0.25, 0.3) is 11.7 Å². The molecule has 1 fully saturated rings. The molecule has 0 bridgehead atoms. The fourth-order valence-corrected chi connectivity index (χ4v) is 5.54. The largest absolute Gasteiger partial charge is 0.384 e. The van der Waals surface area contributed by atoms with Crippen LogP contribution in [0.5, 0.6) is 0 Å². The van der Waals surface area contributed by atoms with Gasteiger partial charge in [-0.25, -0.2) is 4.98 Å². The van der Waals surface area contributed by atoms with Gasteiger partial charge in [0.2, 0.25) is 6.19 Å². The van der Waals surface area contributed by atoms with Crippen LogP contribution < -0.4 is 5.73 Å². The van der Waals surface area contributed by atoms with Gasteiger partial charge < -0.3 is 15.2 Å². The topological polar surface area (TPSA) is 152 Å². The van der Waals surface area contributed by atoms with Crippen LogP contribution in [0.1, 0.15) is 41.5 Å². The second-order valence-electron chi connectivity index (χ2n) is 10.4. The van der Waals surface area contributed by atoms with Crippen LogP contribution in [0.15, 0.2) is 67.3 Å². The third-order valence-corrected chi connectivity index (χ3v) is 7.74. The third kappa shape index (κ3) is 4.96. The average Bonchev–Trinajstić information content (AvgIpc) is 3.18. The van der Waals surface area contributed by atoms with E-state index in [1.165, 1.54) is 9.48 Å². The molecule has 1 unspecified atom stereocenters. The second kappa shape index (κ2) is 11.2. The lowest BCUT2D eigenvalue weighted by Crippen LogP contribution is -2.39. The quantitative estimate of drug-likeness (QED) is 0.333. The first-order valence-corrected chi connectivity index (χ1v) is 13.8. The number of anilines is 1. The van der Waals surface area contributed by atoms with Crippen molar-refractivity contribution >= 4 is 22.8 Å². The number of hydrogen-bond donors (Lipinski definition) is 2. The number of nitrogen functional groups attached to an aromatic ring is 1. The minimum absolute atomic E-state index is 0.102. The fourth-order valence-electron chi connectivity index (χ4n) is 5.54. The highest BCUT2D eigenvalue weighted by Gasteiger charge is 2.28. The van der Waals surface area contributed by atoms with Gasteiger partial charge in [0.1, 0.15) is 11.5 Å². The van der Waals surface area contributed by atoms with Crippen molar-refractivity contribution in [3.8, 4) is 28.6 Å². The molecule has 4 aromatic heterocycles. The summed E-state index contributed by atoms with van der Waals surface area (Å²) in [7, 11) is 1.63. The van der Waals surface area contributed by atoms with E-state index < -0.39 is 0 Å². The number of pyridine rings is 1. The summed E-state index contributed by atoms with van der Waals surface area (Å²) >= 11 is 0. The Hall–Kier alpha value is -5.44. The van der Waals surface area contributed by atoms with Crippen LogP contribution in [0, 0.1) is 18.4 Å². The first-order chi connectivity index (χ1) is 20.4. The Balaban J connectivity index is 1.32. The van der Waals surface area contributed by atoms with E-state index in [4.69, 9.17) is 10.7 Å². The van der Waals surface area contributed by atoms with Gasteiger partial charge in [0, 0.05) is 61.5 Å². The number of carbonyl (C=O) groups excluding carboxylic acids is 1. The number of nitrogens with zero attached hydrogens (tertiary/aromatic N) is 9. The van der Waals surface area contributed by atoms with Crippen molar-refractivity contribution in [1.82, 2.24) is 44.2 Å². The van der Waals surface area contributed by atoms with Gasteiger partial charge in [-0.15, -0.1) is 9.78 Å². The molecule has 1 saturated heterocycles. The molecule has 1 aliphatic rings. The van der Waals surface area contributed by atoms with Gasteiger partial charge in [-0.05, 0) is 37.8 Å². The van der Waals surface area contributed by atoms with Gasteiger partial charge in [-0.3, -0.25) is 14.9 Å². The van der Waals surface area contributed by atoms with Crippen molar-refractivity contribution < 1.29 is 4.79 Å². The zero-order chi connectivity index (χ0) is 29.2. The summed E-state index contributed by atoms with van der Waals surface area (Å²) in [6.07, 6.45) is 11.8. The predicted octanol–water partition coefficient (Wildman–Crippen LogP) is 4.24. The van der Waals surface area contributed by atoms with Crippen molar-refractivity contribution in [3.63, 3.8) is 0 Å². The maximum absolute atomic E-state index is 13.1. The Morgan fingerprint density at radius 1 is 1.02 bits per heavy atom. The minimum Gasteiger partial charge on any atom is -0.384 e. The number of H-pyrrole nitrogens is 1. The van der Waals surface area contributed by atoms with E-state index in [9.17, 15) is 10.1 Å². The van der Waals surface area contributed by atoms with Crippen molar-refractivity contribution in [2.45, 2.75) is 32.2 Å². The Bertz CT molecular complexity index is 1840. The molecule has 42 heavy (non-hydrogen) atoms. The van der Waals surface area contributed by atoms with E-state index in [-0.39, 0.29) is 17.8 Å². The predicted molar refractivity (Wildman–Crippen MR) is 158 cm³/mol. The number of aromatic nitrogens is 8. The van der Waals surface area contributed by atoms with Crippen molar-refractivity contribution in [3.05, 3.63) is 78.6 Å². The highest BCUT2D eigenvalue weighted by atomic mass is 16.2. The molecule has 0 aliphatic carbocycles. The van der Waals surface area contributed by atoms with E-state index in [0.29, 0.717) is 18.9 Å². The summed E-state index contributed by atoms with van der Waals surface area (Å²) in [6, 6.07) is 14.1. The SMILES string of the molecule is Cc1cn(C2CCCN(C(=O)c3nn(C)n3C#N)CC2)c2ncc(-c3ccc(-c4ccccc4)nc3)cn[nH]c(N)c12. The van der Waals surface area contributed by atoms with Crippen molar-refractivity contribution in [1.29, 1.82) is 5.26 Å². The highest BCUT2D eigenvalue weighted by Crippen LogP contribution is 2.31. The molecule has 6 rings (SSSR count). The van der Waals surface area contributed by atoms with Crippen LogP contribution in [0.25, 0.3) is 33.4 Å². The molecule has 12 heteroatoms. The second-order valence-corrected chi connectivity index (χ2v) is 10.4. The van der Waals surface area contributed by atoms with Crippen LogP contribution in [0.4, 0.5) is 5.82 Å². The molecule has 1 aliphatic heterocycles. The zero-order valence-electron chi connectivity index (χ0n) is 23.5. The number of nitrogens with one attached hydrogen (secondary N) is 1. The van der Waals surface area contributed by atoms with E-state index in [2.05, 4.69) is 31.0 Å². The maximum Gasteiger partial charge on any atom is 0.294 e. The summed E-state index contributed by atoms with van der Waals surface area (Å²) in [4.78, 5) is 25.8. The van der Waals surface area contributed by atoms with E-state index >= 15 is 0 Å². The Morgan fingerprint density at radius 3 is 2.57 bits per heavy atom. The molecule has 0 spiro atoms. The number of nitrogens with two attached hydrogens (primary N) is 1. The summed E-state index contributed by atoms with van der Waals surface area (Å²) in [6.45, 7) is 3.14. The average molecular weight is 562 g/mol. The zero-order valence-corrected chi connectivity index (χ0v) is 23.5. The van der Waals surface area contributed by atoms with Gasteiger partial charge in [-0.1, -0.05) is 36.4 Å². The lowest BCUT2D eigenvalue weighted by atomic mass is 10.1. The molecule has 5 heterocycles. The van der Waals surface area contributed by atoms with Crippen LogP contribution in [0.2, 0.25) is 0 Å². The summed E-state index contributed by atoms with van der Waals surface area (Å²) in [5, 5.41) is 21.6. The van der Waals surface area contributed by atoms with Gasteiger partial charge in [0.05, 0.1) is 17.3 Å². The number of likely N-dealkylation sites (tertiary alicyclic amines) is 1. The first kappa shape index (κ1) is 26.8. The molecule has 5 aromatic rings. The smallest absolute Gasteiger partial charge is 0.294 e. The number of rotatable bonds is 4. The third-order valence-electron chi connectivity index (χ3n) is 7.74. The van der Waals surface area contributed by atoms with Crippen LogP contribution in [-0.4, -0.2) is 63.2 Å². The van der Waals surface area contributed by atoms with Crippen molar-refractivity contribution in [2.75, 3.05) is 18.8 Å². The van der Waals surface area contributed by atoms with E-state index in [1.54, 1.807) is 24.3 Å². The number of aromatic amines is 1. The number of hydrogen-bond acceptors (Lipinski definition) is 7. The van der Waals surface area contributed by atoms with Crippen LogP contribution in [0.3, 0.4) is 0 Å². The van der Waals surface area contributed by atoms with Crippen LogP contribution >= 0.6 is 0 Å². The summed E-state index contributed by atoms with van der Waals surface area (Å²) < 4.78 is 3.37. The lowest BCUT2D eigenvalue weighted by molar-refractivity contribution is 0.0723. The molecule has 1 atom stereocenters. The molecular formula is C30H31N11O. The van der Waals surface area contributed by atoms with Gasteiger partial charge in [0.15, 0.2) is 0 Å². The Kier molecular flexibility index (Phi) is 7.14. The number of benzene rings is 1. The van der Waals surface area contributed by atoms with E-state index in [0.717, 1.165) is 58.2 Å². The van der Waals surface area contributed by atoms with Gasteiger partial charge in [-0.2, -0.15) is 15.2 Å².